The van der Waals surface area contributed by atoms with Crippen molar-refractivity contribution in [3.8, 4) is 0 Å². The molecule has 0 bridgehead atoms. The Hall–Kier alpha value is 0.320. The van der Waals surface area contributed by atoms with Gasteiger partial charge in [-0.3, -0.25) is 0 Å². The van der Waals surface area contributed by atoms with E-state index in [0.29, 0.717) is 0 Å². The van der Waals surface area contributed by atoms with Gasteiger partial charge in [0.2, 0.25) is 9.04 Å². The summed E-state index contributed by atoms with van der Waals surface area (Å²) in [6.45, 7) is 0. The van der Waals surface area contributed by atoms with Gasteiger partial charge in [0.25, 0.3) is 0 Å². The van der Waals surface area contributed by atoms with Gasteiger partial charge in [0, 0.05) is 4.52 Å². The minimum absolute atomic E-state index is 1.46. The fourth-order valence-electron chi connectivity index (χ4n) is 0.0286. The molecule has 1 unspecified atom stereocenters. The van der Waals surface area contributed by atoms with E-state index < -0.39 is 17.4 Å². The number of hydrogen-bond donors (Lipinski definition) is 0. The molecule has 1 nitrogen and oxygen atoms in total. The average Bonchev–Trinajstić information content (AvgIpc) is 1.35. The smallest absolute Gasteiger partial charge is 0.199 e. The Morgan fingerprint density at radius 1 is 1.50 bits per heavy atom. The first-order valence-corrected chi connectivity index (χ1v) is 2.85. The van der Waals surface area contributed by atoms with Crippen molar-refractivity contribution in [1.82, 2.24) is 0 Å². The number of halogens is 3. The number of hydrogen-bond acceptors (Lipinski definition) is 1. The molecule has 0 aliphatic heterocycles. The van der Waals surface area contributed by atoms with Gasteiger partial charge < -0.3 is 0 Å². The summed E-state index contributed by atoms with van der Waals surface area (Å²) in [4.78, 5) is 0. The number of rotatable bonds is 1. The first-order valence-electron chi connectivity index (χ1n) is 0.951. The van der Waals surface area contributed by atoms with E-state index in [1.54, 1.807) is 0 Å². The van der Waals surface area contributed by atoms with Gasteiger partial charge in [0.05, 0.1) is 8.39 Å². The van der Waals surface area contributed by atoms with Crippen LogP contribution >= 0.6 is 17.4 Å². The van der Waals surface area contributed by atoms with E-state index >= 15 is 0 Å². The first kappa shape index (κ1) is 6.32. The van der Waals surface area contributed by atoms with Gasteiger partial charge in [0.1, 0.15) is 0 Å². The summed E-state index contributed by atoms with van der Waals surface area (Å²) in [7, 11) is -4.80. The summed E-state index contributed by atoms with van der Waals surface area (Å²) in [5.74, 6) is 0. The zero-order valence-electron chi connectivity index (χ0n) is 2.53. The van der Waals surface area contributed by atoms with E-state index in [1.165, 1.54) is 0 Å². The van der Waals surface area contributed by atoms with E-state index in [0.717, 1.165) is 0 Å². The van der Waals surface area contributed by atoms with Crippen molar-refractivity contribution >= 4 is 17.4 Å². The van der Waals surface area contributed by atoms with E-state index in [-0.39, 0.29) is 0 Å². The Balaban J connectivity index is 3.14. The third kappa shape index (κ3) is 4.32. The summed E-state index contributed by atoms with van der Waals surface area (Å²) < 4.78 is 34.3. The maximum atomic E-state index is 10.7. The van der Waals surface area contributed by atoms with Crippen LogP contribution in [0.2, 0.25) is 0 Å². The largest absolute Gasteiger partial charge is 0.664 e. The Bertz CT molecular complexity index is 55.8. The molecule has 0 aromatic rings. The molecule has 1 atom stereocenters. The third-order valence-corrected chi connectivity index (χ3v) is 1.02. The molecule has 36 valence electrons. The fraction of sp³-hybridized carbons (Fsp3) is 0. The molecule has 6 heavy (non-hydrogen) atoms. The topological polar surface area (TPSA) is 12.4 Å². The van der Waals surface area contributed by atoms with Crippen LogP contribution < -0.4 is 0 Å². The molecular formula is HF3NP2+. The van der Waals surface area contributed by atoms with Gasteiger partial charge in [0.15, 0.2) is 0 Å². The zero-order chi connectivity index (χ0) is 4.99. The van der Waals surface area contributed by atoms with Crippen molar-refractivity contribution in [1.29, 1.82) is 0 Å². The maximum absolute atomic E-state index is 10.7. The third-order valence-electron chi connectivity index (χ3n) is 0.113. The van der Waals surface area contributed by atoms with Gasteiger partial charge in [-0.1, -0.05) is 0 Å². The lowest BCUT2D eigenvalue weighted by Crippen LogP contribution is -1.17. The van der Waals surface area contributed by atoms with Crippen molar-refractivity contribution < 1.29 is 12.6 Å². The van der Waals surface area contributed by atoms with Crippen LogP contribution in [-0.2, 0) is 0 Å². The van der Waals surface area contributed by atoms with Crippen molar-refractivity contribution in [3.05, 3.63) is 0 Å². The molecule has 0 spiro atoms. The van der Waals surface area contributed by atoms with E-state index in [1.807, 2.05) is 0 Å². The quantitative estimate of drug-likeness (QED) is 0.489. The summed E-state index contributed by atoms with van der Waals surface area (Å²) in [6.07, 6.45) is 0. The molecule has 6 heteroatoms. The standard InChI is InChI=1S/F3HNP2/c1-5-4-6(2)3/h5H/q+1. The van der Waals surface area contributed by atoms with Crippen LogP contribution in [0.3, 0.4) is 0 Å². The van der Waals surface area contributed by atoms with Crippen LogP contribution in [-0.4, -0.2) is 0 Å². The number of nitrogens with zero attached hydrogens (tertiary/aromatic N) is 1. The SMILES string of the molecule is FPN=[P+](F)F. The molecule has 0 saturated heterocycles. The summed E-state index contributed by atoms with van der Waals surface area (Å²) in [5.41, 5.74) is 0. The lowest BCUT2D eigenvalue weighted by Gasteiger charge is -1.52. The molecule has 0 saturated carbocycles. The minimum atomic E-state index is -3.34. The highest BCUT2D eigenvalue weighted by Gasteiger charge is 2.06. The lowest BCUT2D eigenvalue weighted by molar-refractivity contribution is 0.764. The summed E-state index contributed by atoms with van der Waals surface area (Å²) in [5, 5.41) is 0. The zero-order valence-corrected chi connectivity index (χ0v) is 4.42. The van der Waals surface area contributed by atoms with Crippen LogP contribution in [0, 0.1) is 0 Å². The highest BCUT2D eigenvalue weighted by Crippen LogP contribution is 2.35. The Morgan fingerprint density at radius 3 is 2.00 bits per heavy atom. The Morgan fingerprint density at radius 2 is 2.00 bits per heavy atom. The Kier molecular flexibility index (Phi) is 3.70. The monoisotopic (exact) mass is 134 g/mol. The molecule has 0 aliphatic carbocycles. The van der Waals surface area contributed by atoms with Gasteiger partial charge in [-0.05, 0) is 0 Å². The fourth-order valence-corrected chi connectivity index (χ4v) is 0.257. The molecule has 0 aromatic carbocycles. The minimum Gasteiger partial charge on any atom is -0.199 e. The van der Waals surface area contributed by atoms with E-state index in [2.05, 4.69) is 4.52 Å². The summed E-state index contributed by atoms with van der Waals surface area (Å²) in [6, 6.07) is 0. The normalized spacial score (nSPS) is 9.83. The second kappa shape index (κ2) is 3.51. The average molecular weight is 134 g/mol. The van der Waals surface area contributed by atoms with Crippen LogP contribution in [0.15, 0.2) is 4.52 Å². The molecule has 0 aliphatic rings. The van der Waals surface area contributed by atoms with E-state index in [4.69, 9.17) is 0 Å². The summed E-state index contributed by atoms with van der Waals surface area (Å²) >= 11 is 0. The van der Waals surface area contributed by atoms with Crippen molar-refractivity contribution in [2.75, 3.05) is 0 Å². The second-order valence-electron chi connectivity index (χ2n) is 0.400. The van der Waals surface area contributed by atoms with Crippen LogP contribution in [0.25, 0.3) is 0 Å². The highest BCUT2D eigenvalue weighted by molar-refractivity contribution is 7.45. The second-order valence-corrected chi connectivity index (χ2v) is 1.80. The molecule has 0 N–H and O–H groups in total. The van der Waals surface area contributed by atoms with Gasteiger partial charge in [-0.2, -0.15) is 4.20 Å². The van der Waals surface area contributed by atoms with Crippen molar-refractivity contribution in [2.24, 2.45) is 4.52 Å². The predicted molar refractivity (Wildman–Crippen MR) is 21.0 cm³/mol. The molecule has 0 heterocycles. The molecule has 0 fully saturated rings. The van der Waals surface area contributed by atoms with Crippen molar-refractivity contribution in [3.63, 3.8) is 0 Å². The van der Waals surface area contributed by atoms with Gasteiger partial charge in [-0.25, -0.2) is 0 Å². The lowest BCUT2D eigenvalue weighted by atomic mass is 13.9. The first-order chi connectivity index (χ1) is 2.77. The molecule has 0 aromatic heterocycles. The molecule has 0 amide bonds. The predicted octanol–water partition coefficient (Wildman–Crippen LogP) is 2.90. The molecular weight excluding hydrogens is 133 g/mol. The van der Waals surface area contributed by atoms with Crippen LogP contribution in [0.1, 0.15) is 0 Å². The highest BCUT2D eigenvalue weighted by atomic mass is 31.2. The molecule has 0 rings (SSSR count). The van der Waals surface area contributed by atoms with Gasteiger partial charge in [-0.15, -0.1) is 0 Å². The van der Waals surface area contributed by atoms with Crippen molar-refractivity contribution in [2.45, 2.75) is 0 Å². The molecule has 0 radical (unpaired) electrons. The van der Waals surface area contributed by atoms with Crippen LogP contribution in [0.4, 0.5) is 12.6 Å². The maximum Gasteiger partial charge on any atom is 0.664 e. The van der Waals surface area contributed by atoms with E-state index in [9.17, 15) is 12.6 Å². The Labute approximate surface area is 35.6 Å². The van der Waals surface area contributed by atoms with Crippen LogP contribution in [0.5, 0.6) is 0 Å². The van der Waals surface area contributed by atoms with Gasteiger partial charge >= 0.3 is 8.33 Å².